The number of nitrogens with zero attached hydrogens (tertiary/aromatic N) is 3. The zero-order valence-electron chi connectivity index (χ0n) is 17.6. The first kappa shape index (κ1) is 24.0. The Balaban J connectivity index is 1.77. The second-order valence-corrected chi connectivity index (χ2v) is 8.37. The average Bonchev–Trinajstić information content (AvgIpc) is 3.22. The molecular weight excluding hydrogens is 500 g/mol. The number of amides is 2. The lowest BCUT2D eigenvalue weighted by Crippen LogP contribution is -2.63. The van der Waals surface area contributed by atoms with Gasteiger partial charge < -0.3 is 15.4 Å². The second-order valence-electron chi connectivity index (χ2n) is 7.55. The van der Waals surface area contributed by atoms with Gasteiger partial charge >= 0.3 is 6.18 Å². The van der Waals surface area contributed by atoms with E-state index in [-0.39, 0.29) is 38.6 Å². The highest BCUT2D eigenvalue weighted by Gasteiger charge is 2.67. The maximum absolute atomic E-state index is 14.5. The predicted octanol–water partition coefficient (Wildman–Crippen LogP) is 3.78. The minimum absolute atomic E-state index is 0.0451. The molecule has 9 nitrogen and oxygen atoms in total. The molecule has 14 heteroatoms. The maximum Gasteiger partial charge on any atom is 0.440 e. The molecule has 2 amide bonds. The summed E-state index contributed by atoms with van der Waals surface area (Å²) in [5, 5.41) is 6.89. The highest BCUT2D eigenvalue weighted by atomic mass is 35.5. The minimum atomic E-state index is -5.26. The lowest BCUT2D eigenvalue weighted by Gasteiger charge is -2.31. The number of halogens is 5. The fourth-order valence-electron chi connectivity index (χ4n) is 3.64. The van der Waals surface area contributed by atoms with E-state index in [4.69, 9.17) is 27.9 Å². The number of carbonyl (C=O) groups is 2. The summed E-state index contributed by atoms with van der Waals surface area (Å²) in [6.45, 7) is 2.13. The van der Waals surface area contributed by atoms with Crippen LogP contribution in [0.2, 0.25) is 10.0 Å². The smallest absolute Gasteiger partial charge is 0.383 e. The number of imidazole rings is 1. The number of fused-ring (bicyclic) bond motifs is 3. The van der Waals surface area contributed by atoms with E-state index >= 15 is 0 Å². The maximum atomic E-state index is 14.5. The molecule has 0 aliphatic carbocycles. The van der Waals surface area contributed by atoms with Crippen molar-refractivity contribution < 1.29 is 27.5 Å². The summed E-state index contributed by atoms with van der Waals surface area (Å²) < 4.78 is 49.1. The number of alkyl halides is 3. The third kappa shape index (κ3) is 3.91. The Kier molecular flexibility index (Phi) is 6.08. The molecule has 1 unspecified atom stereocenters. The average molecular weight is 517 g/mol. The standard InChI is InChI=1S/C20H17Cl2F3N6O3/c1-9(8-34-2)26-15-5-3-4-12(27-15)16(32)30-19(20(23,24)25)17(33)29-18-28-13-6-10(21)11(22)7-14(13)31(18)19/h3-7,9H,8H2,1-2H3,(H,26,27)(H,30,32)(H,28,29,33)/t9-,19?/m0/s1. The molecule has 3 aromatic rings. The second kappa shape index (κ2) is 8.60. The Labute approximate surface area is 200 Å². The van der Waals surface area contributed by atoms with Crippen molar-refractivity contribution in [3.05, 3.63) is 46.1 Å². The zero-order chi connectivity index (χ0) is 24.8. The first-order valence-corrected chi connectivity index (χ1v) is 10.5. The van der Waals surface area contributed by atoms with Gasteiger partial charge in [0.25, 0.3) is 17.5 Å². The largest absolute Gasteiger partial charge is 0.440 e. The molecular formula is C20H17Cl2F3N6O3. The number of nitrogens with one attached hydrogen (secondary N) is 3. The Hall–Kier alpha value is -3.09. The fourth-order valence-corrected chi connectivity index (χ4v) is 3.96. The van der Waals surface area contributed by atoms with E-state index in [0.717, 1.165) is 6.07 Å². The van der Waals surface area contributed by atoms with Crippen molar-refractivity contribution in [1.29, 1.82) is 0 Å². The van der Waals surface area contributed by atoms with Crippen molar-refractivity contribution in [2.45, 2.75) is 24.8 Å². The van der Waals surface area contributed by atoms with E-state index in [2.05, 4.69) is 20.6 Å². The number of carbonyl (C=O) groups excluding carboxylic acids is 2. The summed E-state index contributed by atoms with van der Waals surface area (Å²) in [7, 11) is 1.51. The Morgan fingerprint density at radius 1 is 1.26 bits per heavy atom. The van der Waals surface area contributed by atoms with Gasteiger partial charge in [-0.25, -0.2) is 9.97 Å². The molecule has 1 aromatic carbocycles. The molecule has 0 radical (unpaired) electrons. The van der Waals surface area contributed by atoms with E-state index in [1.165, 1.54) is 31.4 Å². The predicted molar refractivity (Wildman–Crippen MR) is 119 cm³/mol. The molecule has 0 bridgehead atoms. The summed E-state index contributed by atoms with van der Waals surface area (Å²) in [5.74, 6) is -2.95. The lowest BCUT2D eigenvalue weighted by molar-refractivity contribution is -0.213. The molecule has 3 heterocycles. The first-order chi connectivity index (χ1) is 16.0. The van der Waals surface area contributed by atoms with Crippen molar-refractivity contribution in [2.24, 2.45) is 0 Å². The van der Waals surface area contributed by atoms with Gasteiger partial charge in [-0.05, 0) is 31.2 Å². The van der Waals surface area contributed by atoms with Gasteiger partial charge in [-0.1, -0.05) is 29.3 Å². The Morgan fingerprint density at radius 3 is 2.65 bits per heavy atom. The number of methoxy groups -OCH3 is 1. The van der Waals surface area contributed by atoms with E-state index in [1.807, 2.05) is 5.32 Å². The van der Waals surface area contributed by atoms with E-state index < -0.39 is 29.6 Å². The van der Waals surface area contributed by atoms with Gasteiger partial charge in [-0.3, -0.25) is 19.5 Å². The highest BCUT2D eigenvalue weighted by Crippen LogP contribution is 2.45. The van der Waals surface area contributed by atoms with Crippen LogP contribution in [0.1, 0.15) is 17.4 Å². The molecule has 4 rings (SSSR count). The van der Waals surface area contributed by atoms with Crippen LogP contribution in [0.5, 0.6) is 0 Å². The van der Waals surface area contributed by atoms with E-state index in [9.17, 15) is 22.8 Å². The molecule has 180 valence electrons. The first-order valence-electron chi connectivity index (χ1n) is 9.79. The van der Waals surface area contributed by atoms with Crippen LogP contribution in [0.4, 0.5) is 24.9 Å². The molecule has 0 saturated heterocycles. The summed E-state index contributed by atoms with van der Waals surface area (Å²) in [4.78, 5) is 33.7. The van der Waals surface area contributed by atoms with Crippen molar-refractivity contribution >= 4 is 57.8 Å². The molecule has 1 aliphatic rings. The quantitative estimate of drug-likeness (QED) is 0.459. The van der Waals surface area contributed by atoms with Crippen molar-refractivity contribution in [1.82, 2.24) is 19.9 Å². The number of hydrogen-bond acceptors (Lipinski definition) is 6. The summed E-state index contributed by atoms with van der Waals surface area (Å²) in [5.41, 5.74) is -3.95. The summed E-state index contributed by atoms with van der Waals surface area (Å²) >= 11 is 12.0. The number of aromatic nitrogens is 3. The number of pyridine rings is 1. The van der Waals surface area contributed by atoms with Crippen LogP contribution < -0.4 is 16.0 Å². The van der Waals surface area contributed by atoms with Crippen molar-refractivity contribution in [3.63, 3.8) is 0 Å². The lowest BCUT2D eigenvalue weighted by atomic mass is 10.1. The Morgan fingerprint density at radius 2 is 1.97 bits per heavy atom. The van der Waals surface area contributed by atoms with Gasteiger partial charge in [0.1, 0.15) is 11.5 Å². The monoisotopic (exact) mass is 516 g/mol. The molecule has 2 atom stereocenters. The van der Waals surface area contributed by atoms with Crippen LogP contribution >= 0.6 is 23.2 Å². The van der Waals surface area contributed by atoms with Gasteiger partial charge in [0.05, 0.1) is 27.7 Å². The molecule has 1 aliphatic heterocycles. The topological polar surface area (TPSA) is 110 Å². The van der Waals surface area contributed by atoms with Gasteiger partial charge in [0.2, 0.25) is 5.95 Å². The van der Waals surface area contributed by atoms with Crippen molar-refractivity contribution in [2.75, 3.05) is 24.4 Å². The number of benzene rings is 1. The van der Waals surface area contributed by atoms with Gasteiger partial charge in [0, 0.05) is 13.2 Å². The number of anilines is 2. The van der Waals surface area contributed by atoms with Crippen LogP contribution in [0.3, 0.4) is 0 Å². The summed E-state index contributed by atoms with van der Waals surface area (Å²) in [6.07, 6.45) is -5.26. The third-order valence-corrected chi connectivity index (χ3v) is 5.81. The van der Waals surface area contributed by atoms with Crippen LogP contribution in [-0.4, -0.2) is 52.3 Å². The number of ether oxygens (including phenoxy) is 1. The zero-order valence-corrected chi connectivity index (χ0v) is 19.1. The number of hydrogen-bond donors (Lipinski definition) is 3. The van der Waals surface area contributed by atoms with Crippen LogP contribution in [0.15, 0.2) is 30.3 Å². The molecule has 34 heavy (non-hydrogen) atoms. The molecule has 0 fully saturated rings. The summed E-state index contributed by atoms with van der Waals surface area (Å²) in [6, 6.07) is 6.42. The minimum Gasteiger partial charge on any atom is -0.383 e. The molecule has 3 N–H and O–H groups in total. The molecule has 0 spiro atoms. The van der Waals surface area contributed by atoms with Gasteiger partial charge in [0.15, 0.2) is 0 Å². The van der Waals surface area contributed by atoms with Gasteiger partial charge in [-0.15, -0.1) is 0 Å². The Bertz CT molecular complexity index is 1300. The fraction of sp³-hybridized carbons (Fsp3) is 0.300. The van der Waals surface area contributed by atoms with Crippen LogP contribution in [0, 0.1) is 0 Å². The molecule has 0 saturated carbocycles. The van der Waals surface area contributed by atoms with E-state index in [1.54, 1.807) is 6.92 Å². The highest BCUT2D eigenvalue weighted by molar-refractivity contribution is 6.42. The van der Waals surface area contributed by atoms with Crippen LogP contribution in [0.25, 0.3) is 11.0 Å². The SMILES string of the molecule is COC[C@H](C)Nc1cccc(C(=O)NC2(C(F)(F)F)C(=O)Nc3nc4cc(Cl)c(Cl)cc4n32)n1. The van der Waals surface area contributed by atoms with Crippen molar-refractivity contribution in [3.8, 4) is 0 Å². The van der Waals surface area contributed by atoms with Gasteiger partial charge in [-0.2, -0.15) is 13.2 Å². The third-order valence-electron chi connectivity index (χ3n) is 5.08. The normalized spacial score (nSPS) is 18.5. The number of rotatable bonds is 6. The van der Waals surface area contributed by atoms with Crippen LogP contribution in [-0.2, 0) is 15.2 Å². The van der Waals surface area contributed by atoms with E-state index in [0.29, 0.717) is 11.2 Å². The molecule has 2 aromatic heterocycles.